The monoisotopic (exact) mass is 424 g/mol. The van der Waals surface area contributed by atoms with Crippen LogP contribution in [0.4, 0.5) is 0 Å². The molecule has 0 spiro atoms. The van der Waals surface area contributed by atoms with Crippen molar-refractivity contribution < 1.29 is 14.6 Å². The van der Waals surface area contributed by atoms with E-state index in [-0.39, 0.29) is 22.9 Å². The lowest BCUT2D eigenvalue weighted by atomic mass is 9.44. The molecule has 0 radical (unpaired) electrons. The number of ether oxygens (including phenoxy) is 1. The number of aliphatic hydroxyl groups is 1. The van der Waals surface area contributed by atoms with Gasteiger partial charge in [0.2, 0.25) is 0 Å². The quantitative estimate of drug-likeness (QED) is 0.233. The van der Waals surface area contributed by atoms with E-state index < -0.39 is 0 Å². The molecule has 170 valence electrons. The molecule has 0 aromatic heterocycles. The standard InChI is InChI=1S/C28H40O3/c1-5-7-8-9-10-21-18-27(4)24(13-14-25(27)30)28(6-2)16-15-20-17-22(31-19(3)29)11-12-23(20)26(21)28/h6,11-12,17,21,24-26,30H,2,5,7-10,13-16,18H2,1,3-4H3/t21-,24+,25-,26+,27-,28-/m0/s1. The van der Waals surface area contributed by atoms with Crippen molar-refractivity contribution in [1.82, 2.24) is 0 Å². The number of carbonyl (C=O) groups excluding carboxylic acids is 1. The molecule has 3 heteroatoms. The highest BCUT2D eigenvalue weighted by Crippen LogP contribution is 2.69. The van der Waals surface area contributed by atoms with Crippen LogP contribution in [0, 0.1) is 22.7 Å². The third-order valence-electron chi connectivity index (χ3n) is 9.03. The summed E-state index contributed by atoms with van der Waals surface area (Å²) in [6.45, 7) is 10.5. The van der Waals surface area contributed by atoms with Crippen molar-refractivity contribution in [2.75, 3.05) is 0 Å². The topological polar surface area (TPSA) is 46.5 Å². The van der Waals surface area contributed by atoms with Gasteiger partial charge in [-0.05, 0) is 90.4 Å². The summed E-state index contributed by atoms with van der Waals surface area (Å²) >= 11 is 0. The summed E-state index contributed by atoms with van der Waals surface area (Å²) in [5.74, 6) is 1.89. The van der Waals surface area contributed by atoms with Gasteiger partial charge in [0.25, 0.3) is 0 Å². The molecule has 2 fully saturated rings. The number of allylic oxidation sites excluding steroid dienone is 1. The number of fused-ring (bicyclic) bond motifs is 5. The predicted molar refractivity (Wildman–Crippen MR) is 125 cm³/mol. The van der Waals surface area contributed by atoms with Crippen LogP contribution >= 0.6 is 0 Å². The first-order valence-corrected chi connectivity index (χ1v) is 12.5. The Balaban J connectivity index is 1.74. The van der Waals surface area contributed by atoms with E-state index in [2.05, 4.69) is 38.6 Å². The summed E-state index contributed by atoms with van der Waals surface area (Å²) in [4.78, 5) is 11.5. The Morgan fingerprint density at radius 2 is 2.10 bits per heavy atom. The molecule has 1 aromatic carbocycles. The lowest BCUT2D eigenvalue weighted by molar-refractivity contribution is -0.131. The molecule has 0 heterocycles. The van der Waals surface area contributed by atoms with Gasteiger partial charge in [-0.2, -0.15) is 0 Å². The van der Waals surface area contributed by atoms with E-state index in [0.29, 0.717) is 23.5 Å². The van der Waals surface area contributed by atoms with Gasteiger partial charge >= 0.3 is 5.97 Å². The van der Waals surface area contributed by atoms with Crippen LogP contribution in [-0.4, -0.2) is 17.2 Å². The van der Waals surface area contributed by atoms with Gasteiger partial charge in [-0.3, -0.25) is 4.79 Å². The van der Waals surface area contributed by atoms with E-state index >= 15 is 0 Å². The van der Waals surface area contributed by atoms with Crippen LogP contribution in [0.25, 0.3) is 0 Å². The van der Waals surface area contributed by atoms with E-state index in [9.17, 15) is 9.90 Å². The van der Waals surface area contributed by atoms with Gasteiger partial charge < -0.3 is 9.84 Å². The van der Waals surface area contributed by atoms with Crippen molar-refractivity contribution >= 4 is 5.97 Å². The first-order chi connectivity index (χ1) is 14.9. The molecule has 1 N–H and O–H groups in total. The van der Waals surface area contributed by atoms with Crippen LogP contribution in [0.5, 0.6) is 5.75 Å². The van der Waals surface area contributed by atoms with Crippen molar-refractivity contribution in [2.24, 2.45) is 22.7 Å². The van der Waals surface area contributed by atoms with Gasteiger partial charge in [-0.1, -0.05) is 51.7 Å². The summed E-state index contributed by atoms with van der Waals surface area (Å²) in [6.07, 6.45) is 13.6. The smallest absolute Gasteiger partial charge is 0.308 e. The van der Waals surface area contributed by atoms with Gasteiger partial charge in [0.15, 0.2) is 0 Å². The molecule has 31 heavy (non-hydrogen) atoms. The van der Waals surface area contributed by atoms with E-state index in [1.165, 1.54) is 50.2 Å². The van der Waals surface area contributed by atoms with E-state index in [1.807, 2.05) is 6.07 Å². The molecule has 0 amide bonds. The number of rotatable bonds is 7. The molecule has 1 aromatic rings. The summed E-state index contributed by atoms with van der Waals surface area (Å²) in [5.41, 5.74) is 2.82. The van der Waals surface area contributed by atoms with Gasteiger partial charge in [0.05, 0.1) is 6.10 Å². The molecule has 2 saturated carbocycles. The number of hydrogen-bond donors (Lipinski definition) is 1. The number of hydrogen-bond acceptors (Lipinski definition) is 3. The summed E-state index contributed by atoms with van der Waals surface area (Å²) in [6, 6.07) is 6.29. The lowest BCUT2D eigenvalue weighted by Gasteiger charge is -2.60. The molecule has 3 nitrogen and oxygen atoms in total. The van der Waals surface area contributed by atoms with Crippen LogP contribution in [0.15, 0.2) is 30.9 Å². The Hall–Kier alpha value is -1.61. The number of esters is 1. The van der Waals surface area contributed by atoms with Gasteiger partial charge in [-0.15, -0.1) is 6.58 Å². The first kappa shape index (κ1) is 22.6. The molecule has 6 atom stereocenters. The maximum absolute atomic E-state index is 11.5. The van der Waals surface area contributed by atoms with Crippen molar-refractivity contribution in [3.8, 4) is 5.75 Å². The van der Waals surface area contributed by atoms with Crippen molar-refractivity contribution in [3.63, 3.8) is 0 Å². The Morgan fingerprint density at radius 3 is 2.81 bits per heavy atom. The normalized spacial score (nSPS) is 36.3. The summed E-state index contributed by atoms with van der Waals surface area (Å²) < 4.78 is 5.39. The third-order valence-corrected chi connectivity index (χ3v) is 9.03. The molecule has 0 saturated heterocycles. The fraction of sp³-hybridized carbons (Fsp3) is 0.679. The van der Waals surface area contributed by atoms with Gasteiger partial charge in [0, 0.05) is 6.92 Å². The number of aryl methyl sites for hydroxylation is 1. The maximum atomic E-state index is 11.5. The second-order valence-corrected chi connectivity index (χ2v) is 10.7. The highest BCUT2D eigenvalue weighted by Gasteiger charge is 2.63. The van der Waals surface area contributed by atoms with Crippen LogP contribution in [0.2, 0.25) is 0 Å². The fourth-order valence-electron chi connectivity index (χ4n) is 7.74. The van der Waals surface area contributed by atoms with Crippen molar-refractivity contribution in [3.05, 3.63) is 42.0 Å². The van der Waals surface area contributed by atoms with Crippen LogP contribution < -0.4 is 4.74 Å². The second-order valence-electron chi connectivity index (χ2n) is 10.7. The average molecular weight is 425 g/mol. The predicted octanol–water partition coefficient (Wildman–Crippen LogP) is 6.58. The highest BCUT2D eigenvalue weighted by atomic mass is 16.5. The zero-order valence-electron chi connectivity index (χ0n) is 19.7. The van der Waals surface area contributed by atoms with E-state index in [1.54, 1.807) is 0 Å². The molecular formula is C28H40O3. The molecule has 3 aliphatic rings. The minimum atomic E-state index is -0.265. The third kappa shape index (κ3) is 3.77. The Kier molecular flexibility index (Phi) is 6.36. The summed E-state index contributed by atoms with van der Waals surface area (Å²) in [7, 11) is 0. The molecule has 3 aliphatic carbocycles. The average Bonchev–Trinajstić information content (AvgIpc) is 3.05. The number of unbranched alkanes of at least 4 members (excludes halogenated alkanes) is 3. The Labute approximate surface area is 188 Å². The van der Waals surface area contributed by atoms with Gasteiger partial charge in [0.1, 0.15) is 5.75 Å². The van der Waals surface area contributed by atoms with Crippen LogP contribution in [0.1, 0.15) is 95.6 Å². The second kappa shape index (κ2) is 8.73. The molecule has 4 rings (SSSR count). The molecule has 0 aliphatic heterocycles. The van der Waals surface area contributed by atoms with Crippen molar-refractivity contribution in [1.29, 1.82) is 0 Å². The van der Waals surface area contributed by atoms with E-state index in [4.69, 9.17) is 4.74 Å². The van der Waals surface area contributed by atoms with Crippen LogP contribution in [0.3, 0.4) is 0 Å². The largest absolute Gasteiger partial charge is 0.427 e. The van der Waals surface area contributed by atoms with Gasteiger partial charge in [-0.25, -0.2) is 0 Å². The number of carbonyl (C=O) groups is 1. The maximum Gasteiger partial charge on any atom is 0.308 e. The first-order valence-electron chi connectivity index (χ1n) is 12.5. The number of benzene rings is 1. The van der Waals surface area contributed by atoms with E-state index in [0.717, 1.165) is 32.1 Å². The summed E-state index contributed by atoms with van der Waals surface area (Å²) in [5, 5.41) is 11.0. The lowest BCUT2D eigenvalue weighted by Crippen LogP contribution is -2.54. The minimum absolute atomic E-state index is 0.00466. The Bertz CT molecular complexity index is 830. The minimum Gasteiger partial charge on any atom is -0.427 e. The van der Waals surface area contributed by atoms with Crippen molar-refractivity contribution in [2.45, 2.75) is 97.0 Å². The molecule has 0 unspecified atom stereocenters. The molecular weight excluding hydrogens is 384 g/mol. The SMILES string of the molecule is C=C[C@@]12CCc3cc(OC(C)=O)ccc3[C@H]1[C@@H](CCCCCC)C[C@@]1(C)[C@H]2CC[C@@H]1O. The highest BCUT2D eigenvalue weighted by molar-refractivity contribution is 5.69. The van der Waals surface area contributed by atoms with Crippen LogP contribution in [-0.2, 0) is 11.2 Å². The molecule has 0 bridgehead atoms. The Morgan fingerprint density at radius 1 is 1.29 bits per heavy atom. The number of aliphatic hydroxyl groups excluding tert-OH is 1. The fourth-order valence-corrected chi connectivity index (χ4v) is 7.74. The zero-order valence-corrected chi connectivity index (χ0v) is 19.7. The zero-order chi connectivity index (χ0) is 22.2.